The molecule has 1 atom stereocenters. The summed E-state index contributed by atoms with van der Waals surface area (Å²) in [6.07, 6.45) is 3.87. The topological polar surface area (TPSA) is 113 Å². The number of amides is 2. The van der Waals surface area contributed by atoms with Gasteiger partial charge in [0, 0.05) is 19.7 Å². The zero-order chi connectivity index (χ0) is 24.7. The molecule has 0 unspecified atom stereocenters. The van der Waals surface area contributed by atoms with Crippen molar-refractivity contribution in [3.8, 4) is 23.5 Å². The molecule has 0 spiro atoms. The molecule has 4 heterocycles. The highest BCUT2D eigenvalue weighted by atomic mass is 35.5. The van der Waals surface area contributed by atoms with Crippen LogP contribution in [-0.2, 0) is 7.05 Å². The Bertz CT molecular complexity index is 1360. The summed E-state index contributed by atoms with van der Waals surface area (Å²) >= 11 is 6.12. The monoisotopic (exact) mass is 498 g/mol. The fraction of sp³-hybridized carbons (Fsp3) is 0.273. The number of hydrogen-bond acceptors (Lipinski definition) is 7. The minimum Gasteiger partial charge on any atom is -0.468 e. The molecule has 35 heavy (non-hydrogen) atoms. The van der Waals surface area contributed by atoms with Crippen LogP contribution in [-0.4, -0.2) is 61.1 Å². The Morgan fingerprint density at radius 3 is 2.77 bits per heavy atom. The Hall–Kier alpha value is -4.11. The second-order valence-electron chi connectivity index (χ2n) is 8.02. The molecule has 2 aromatic heterocycles. The van der Waals surface area contributed by atoms with Crippen molar-refractivity contribution in [1.29, 1.82) is 5.26 Å². The lowest BCUT2D eigenvalue weighted by Gasteiger charge is -2.40. The molecule has 2 aliphatic heterocycles. The summed E-state index contributed by atoms with van der Waals surface area (Å²) in [4.78, 5) is 22.6. The van der Waals surface area contributed by atoms with Crippen molar-refractivity contribution in [2.75, 3.05) is 13.1 Å². The molecule has 178 valence electrons. The summed E-state index contributed by atoms with van der Waals surface area (Å²) in [5, 5.41) is 18.8. The number of ether oxygens (including phenoxy) is 1. The van der Waals surface area contributed by atoms with Crippen molar-refractivity contribution < 1.29 is 18.3 Å². The van der Waals surface area contributed by atoms with Gasteiger partial charge < -0.3 is 9.64 Å². The number of urea groups is 1. The summed E-state index contributed by atoms with van der Waals surface area (Å²) in [7, 11) is 1.66. The molecule has 0 bridgehead atoms. The largest absolute Gasteiger partial charge is 0.468 e. The minimum atomic E-state index is -0.750. The Labute approximate surface area is 203 Å². The molecule has 2 amide bonds. The van der Waals surface area contributed by atoms with Gasteiger partial charge in [-0.25, -0.2) is 19.2 Å². The van der Waals surface area contributed by atoms with Crippen molar-refractivity contribution in [3.63, 3.8) is 0 Å². The second-order valence-corrected chi connectivity index (χ2v) is 8.43. The van der Waals surface area contributed by atoms with Crippen molar-refractivity contribution in [3.05, 3.63) is 58.4 Å². The maximum absolute atomic E-state index is 14.3. The first kappa shape index (κ1) is 22.7. The van der Waals surface area contributed by atoms with Gasteiger partial charge >= 0.3 is 6.03 Å². The lowest BCUT2D eigenvalue weighted by atomic mass is 10.0. The molecule has 13 heteroatoms. The van der Waals surface area contributed by atoms with E-state index in [0.717, 1.165) is 12.3 Å². The molecule has 0 saturated carbocycles. The number of benzene rings is 1. The Balaban J connectivity index is 1.25. The first-order valence-corrected chi connectivity index (χ1v) is 10.9. The van der Waals surface area contributed by atoms with E-state index in [1.807, 2.05) is 6.07 Å². The number of hydrogen-bond donors (Lipinski definition) is 0. The Morgan fingerprint density at radius 1 is 1.26 bits per heavy atom. The predicted molar refractivity (Wildman–Crippen MR) is 119 cm³/mol. The van der Waals surface area contributed by atoms with E-state index in [0.29, 0.717) is 22.7 Å². The van der Waals surface area contributed by atoms with Gasteiger partial charge in [-0.1, -0.05) is 11.6 Å². The summed E-state index contributed by atoms with van der Waals surface area (Å²) in [5.41, 5.74) is 1.05. The van der Waals surface area contributed by atoms with Gasteiger partial charge in [0.2, 0.25) is 5.82 Å². The van der Waals surface area contributed by atoms with Gasteiger partial charge in [0.1, 0.15) is 17.6 Å². The molecule has 0 radical (unpaired) electrons. The molecule has 0 aliphatic carbocycles. The number of hydrazone groups is 1. The lowest BCUT2D eigenvalue weighted by molar-refractivity contribution is 0.0230. The second kappa shape index (κ2) is 8.92. The number of likely N-dealkylation sites (tertiary alicyclic amines) is 1. The van der Waals surface area contributed by atoms with Crippen LogP contribution in [0.25, 0.3) is 11.5 Å². The maximum Gasteiger partial charge on any atom is 0.341 e. The van der Waals surface area contributed by atoms with E-state index in [1.54, 1.807) is 13.3 Å². The highest BCUT2D eigenvalue weighted by molar-refractivity contribution is 6.32. The zero-order valence-electron chi connectivity index (χ0n) is 18.3. The average molecular weight is 499 g/mol. The van der Waals surface area contributed by atoms with Gasteiger partial charge in [-0.3, -0.25) is 4.68 Å². The molecule has 1 aromatic carbocycles. The number of nitrogens with zero attached hydrogens (tertiary/aromatic N) is 8. The molecule has 3 aromatic rings. The van der Waals surface area contributed by atoms with Crippen LogP contribution in [0, 0.1) is 23.0 Å². The number of nitriles is 1. The van der Waals surface area contributed by atoms with E-state index in [-0.39, 0.29) is 30.4 Å². The number of carbonyl (C=O) groups excluding carboxylic acids is 1. The number of carbonyl (C=O) groups is 1. The van der Waals surface area contributed by atoms with E-state index in [1.165, 1.54) is 32.9 Å². The van der Waals surface area contributed by atoms with Crippen LogP contribution in [0.15, 0.2) is 35.7 Å². The molecule has 1 saturated heterocycles. The standard InChI is InChI=1S/C22H17ClF2N8O2/c1-31-19(16(23)8-29-31)20-27-9-17(25)21(30-20)35-15-10-32(11-15)22(34)33-18(2-3-28-33)13-4-12(7-26)5-14(24)6-13/h3-6,8-9,15,18H,2,10-11H2,1H3/t18-/m0/s1. The van der Waals surface area contributed by atoms with Crippen LogP contribution in [0.4, 0.5) is 13.6 Å². The summed E-state index contributed by atoms with van der Waals surface area (Å²) in [5.74, 6) is -1.42. The van der Waals surface area contributed by atoms with Gasteiger partial charge in [0.05, 0.1) is 48.2 Å². The first-order valence-electron chi connectivity index (χ1n) is 10.5. The SMILES string of the molecule is Cn1ncc(Cl)c1-c1ncc(F)c(OC2CN(C(=O)N3N=CC[C@H]3c3cc(F)cc(C#N)c3)C2)n1. The van der Waals surface area contributed by atoms with Crippen molar-refractivity contribution >= 4 is 23.8 Å². The number of halogens is 3. The van der Waals surface area contributed by atoms with Crippen LogP contribution in [0.1, 0.15) is 23.6 Å². The molecular formula is C22H17ClF2N8O2. The van der Waals surface area contributed by atoms with Crippen LogP contribution in [0.5, 0.6) is 5.88 Å². The predicted octanol–water partition coefficient (Wildman–Crippen LogP) is 3.30. The van der Waals surface area contributed by atoms with Crippen molar-refractivity contribution in [1.82, 2.24) is 29.7 Å². The lowest BCUT2D eigenvalue weighted by Crippen LogP contribution is -2.59. The number of rotatable bonds is 4. The van der Waals surface area contributed by atoms with Gasteiger partial charge in [-0.05, 0) is 23.8 Å². The smallest absolute Gasteiger partial charge is 0.341 e. The highest BCUT2D eigenvalue weighted by Crippen LogP contribution is 2.32. The fourth-order valence-corrected chi connectivity index (χ4v) is 4.18. The van der Waals surface area contributed by atoms with E-state index in [2.05, 4.69) is 20.2 Å². The molecule has 5 rings (SSSR count). The quantitative estimate of drug-likeness (QED) is 0.545. The van der Waals surface area contributed by atoms with Gasteiger partial charge in [-0.15, -0.1) is 0 Å². The minimum absolute atomic E-state index is 0.153. The van der Waals surface area contributed by atoms with Crippen molar-refractivity contribution in [2.45, 2.75) is 18.6 Å². The summed E-state index contributed by atoms with van der Waals surface area (Å²) in [6.45, 7) is 0.352. The molecule has 0 N–H and O–H groups in total. The van der Waals surface area contributed by atoms with E-state index in [9.17, 15) is 13.6 Å². The summed E-state index contributed by atoms with van der Waals surface area (Å²) < 4.78 is 35.3. The fourth-order valence-electron chi connectivity index (χ4n) is 3.93. The van der Waals surface area contributed by atoms with E-state index < -0.39 is 29.8 Å². The number of aromatic nitrogens is 4. The van der Waals surface area contributed by atoms with Gasteiger partial charge in [0.15, 0.2) is 5.82 Å². The third kappa shape index (κ3) is 4.26. The average Bonchev–Trinajstić information content (AvgIpc) is 3.43. The number of aryl methyl sites for hydroxylation is 1. The Morgan fingerprint density at radius 2 is 2.06 bits per heavy atom. The van der Waals surface area contributed by atoms with Crippen LogP contribution in [0.3, 0.4) is 0 Å². The highest BCUT2D eigenvalue weighted by Gasteiger charge is 2.39. The molecule has 10 nitrogen and oxygen atoms in total. The first-order chi connectivity index (χ1) is 16.8. The zero-order valence-corrected chi connectivity index (χ0v) is 19.0. The maximum atomic E-state index is 14.3. The van der Waals surface area contributed by atoms with Crippen LogP contribution < -0.4 is 4.74 Å². The molecule has 1 fully saturated rings. The van der Waals surface area contributed by atoms with Gasteiger partial charge in [0.25, 0.3) is 5.88 Å². The summed E-state index contributed by atoms with van der Waals surface area (Å²) in [6, 6.07) is 4.92. The molecule has 2 aliphatic rings. The van der Waals surface area contributed by atoms with Crippen LogP contribution >= 0.6 is 11.6 Å². The van der Waals surface area contributed by atoms with Gasteiger partial charge in [-0.2, -0.15) is 24.8 Å². The Kier molecular flexibility index (Phi) is 5.78. The third-order valence-corrected chi connectivity index (χ3v) is 5.95. The normalized spacial score (nSPS) is 17.4. The van der Waals surface area contributed by atoms with E-state index in [4.69, 9.17) is 21.6 Å². The third-order valence-electron chi connectivity index (χ3n) is 5.67. The van der Waals surface area contributed by atoms with E-state index >= 15 is 0 Å². The molecular weight excluding hydrogens is 482 g/mol. The van der Waals surface area contributed by atoms with Crippen LogP contribution in [0.2, 0.25) is 5.02 Å². The van der Waals surface area contributed by atoms with Crippen molar-refractivity contribution in [2.24, 2.45) is 12.1 Å².